The number of nitriles is 1. The summed E-state index contributed by atoms with van der Waals surface area (Å²) in [5.74, 6) is 0.608. The van der Waals surface area contributed by atoms with E-state index >= 15 is 0 Å². The topological polar surface area (TPSA) is 141 Å². The van der Waals surface area contributed by atoms with Crippen LogP contribution in [0.4, 0.5) is 4.79 Å². The third kappa shape index (κ3) is 5.07. The number of rotatable bonds is 6. The average molecular weight is 572 g/mol. The summed E-state index contributed by atoms with van der Waals surface area (Å²) in [6, 6.07) is 13.4. The number of pyridine rings is 1. The number of nitrogens with two attached hydrogens (primary N) is 1. The molecule has 0 fully saturated rings. The lowest BCUT2D eigenvalue weighted by Gasteiger charge is -2.15. The summed E-state index contributed by atoms with van der Waals surface area (Å²) in [7, 11) is 1.65. The lowest BCUT2D eigenvalue weighted by Crippen LogP contribution is -3.00. The number of ether oxygens (including phenoxy) is 1. The third-order valence-corrected chi connectivity index (χ3v) is 6.12. The fourth-order valence-electron chi connectivity index (χ4n) is 3.86. The zero-order chi connectivity index (χ0) is 26.1. The first-order valence-corrected chi connectivity index (χ1v) is 11.8. The van der Waals surface area contributed by atoms with Gasteiger partial charge in [-0.25, -0.2) is 14.5 Å². The van der Waals surface area contributed by atoms with Crippen molar-refractivity contribution in [3.8, 4) is 17.6 Å². The second-order valence-corrected chi connectivity index (χ2v) is 8.95. The van der Waals surface area contributed by atoms with Gasteiger partial charge >= 0.3 is 6.03 Å². The Morgan fingerprint density at radius 1 is 1.24 bits per heavy atom. The number of hydrogen-bond donors (Lipinski definition) is 1. The molecule has 0 spiro atoms. The Morgan fingerprint density at radius 2 is 2.05 bits per heavy atom. The van der Waals surface area contributed by atoms with E-state index in [1.54, 1.807) is 48.3 Å². The third-order valence-electron chi connectivity index (χ3n) is 5.60. The number of carbonyl (C=O) groups excluding carboxylic acids is 1. The highest BCUT2D eigenvalue weighted by molar-refractivity contribution is 6.33. The fraction of sp³-hybridized carbons (Fsp3) is 0.167. The van der Waals surface area contributed by atoms with Gasteiger partial charge in [0.2, 0.25) is 0 Å². The fourth-order valence-corrected chi connectivity index (χ4v) is 4.28. The van der Waals surface area contributed by atoms with Crippen molar-refractivity contribution in [2.75, 3.05) is 20.1 Å². The molecule has 1 amide bonds. The minimum absolute atomic E-state index is 0. The largest absolute Gasteiger partial charge is 1.00 e. The maximum absolute atomic E-state index is 12.9. The first-order valence-electron chi connectivity index (χ1n) is 11.1. The van der Waals surface area contributed by atoms with Gasteiger partial charge in [-0.3, -0.25) is 0 Å². The lowest BCUT2D eigenvalue weighted by atomic mass is 10.2. The van der Waals surface area contributed by atoms with E-state index in [-0.39, 0.29) is 30.7 Å². The molecule has 0 unspecified atom stereocenters. The van der Waals surface area contributed by atoms with Crippen LogP contribution in [0, 0.1) is 11.3 Å². The molecule has 3 aromatic heterocycles. The number of hydrogen-bond acceptors (Lipinski definition) is 8. The van der Waals surface area contributed by atoms with Gasteiger partial charge in [0.05, 0.1) is 34.4 Å². The van der Waals surface area contributed by atoms with Gasteiger partial charge in [-0.05, 0) is 42.5 Å². The van der Waals surface area contributed by atoms with Crippen molar-refractivity contribution < 1.29 is 21.9 Å². The number of amides is 1. The van der Waals surface area contributed by atoms with Crippen LogP contribution in [-0.2, 0) is 6.54 Å². The molecular formula is C24H19Cl3N9O2-. The summed E-state index contributed by atoms with van der Waals surface area (Å²) >= 11 is 12.5. The van der Waals surface area contributed by atoms with Gasteiger partial charge < -0.3 is 27.8 Å². The van der Waals surface area contributed by atoms with Gasteiger partial charge in [0, 0.05) is 36.7 Å². The Kier molecular flexibility index (Phi) is 7.99. The van der Waals surface area contributed by atoms with Gasteiger partial charge in [0.15, 0.2) is 16.9 Å². The van der Waals surface area contributed by atoms with E-state index in [2.05, 4.69) is 20.4 Å². The summed E-state index contributed by atoms with van der Waals surface area (Å²) in [5.41, 5.74) is 7.99. The van der Waals surface area contributed by atoms with Gasteiger partial charge in [-0.15, -0.1) is 5.10 Å². The highest BCUT2D eigenvalue weighted by atomic mass is 35.5. The first kappa shape index (κ1) is 27.1. The second kappa shape index (κ2) is 11.2. The Bertz CT molecular complexity index is 1690. The molecule has 38 heavy (non-hydrogen) atoms. The zero-order valence-corrected chi connectivity index (χ0v) is 22.1. The van der Waals surface area contributed by atoms with Crippen LogP contribution in [0.5, 0.6) is 11.5 Å². The highest BCUT2D eigenvalue weighted by Crippen LogP contribution is 2.37. The van der Waals surface area contributed by atoms with E-state index in [0.29, 0.717) is 62.2 Å². The predicted molar refractivity (Wildman–Crippen MR) is 138 cm³/mol. The summed E-state index contributed by atoms with van der Waals surface area (Å²) in [6.45, 7) is 0.908. The number of aromatic nitrogens is 6. The van der Waals surface area contributed by atoms with E-state index in [1.165, 1.54) is 15.6 Å². The predicted octanol–water partition coefficient (Wildman–Crippen LogP) is 1.06. The van der Waals surface area contributed by atoms with Crippen LogP contribution < -0.4 is 22.9 Å². The Morgan fingerprint density at radius 3 is 2.82 bits per heavy atom. The first-order chi connectivity index (χ1) is 17.9. The van der Waals surface area contributed by atoms with E-state index in [9.17, 15) is 10.1 Å². The molecule has 2 aromatic carbocycles. The van der Waals surface area contributed by atoms with E-state index in [4.69, 9.17) is 33.7 Å². The van der Waals surface area contributed by atoms with Gasteiger partial charge in [-0.1, -0.05) is 28.4 Å². The molecule has 5 rings (SSSR count). The molecule has 0 saturated heterocycles. The summed E-state index contributed by atoms with van der Waals surface area (Å²) in [5, 5.41) is 23.7. The summed E-state index contributed by atoms with van der Waals surface area (Å²) < 4.78 is 8.88. The molecule has 5 aromatic rings. The molecule has 3 heterocycles. The molecule has 0 radical (unpaired) electrons. The zero-order valence-electron chi connectivity index (χ0n) is 19.8. The Labute approximate surface area is 232 Å². The quantitative estimate of drug-likeness (QED) is 0.319. The summed E-state index contributed by atoms with van der Waals surface area (Å²) in [6.07, 6.45) is 1.60. The molecule has 194 valence electrons. The number of nitrogens with zero attached hydrogens (tertiary/aromatic N) is 8. The SMILES string of the molecule is CN(CCN)C(=O)n1nc(Cn2nnc3c(Oc4cc(Cl)cc(C#N)c4)c(Cl)ccc32)c2cccnc21.[Cl-]. The molecule has 0 aliphatic heterocycles. The minimum Gasteiger partial charge on any atom is -1.00 e. The molecule has 0 aliphatic rings. The highest BCUT2D eigenvalue weighted by Gasteiger charge is 2.21. The van der Waals surface area contributed by atoms with Crippen LogP contribution in [0.25, 0.3) is 22.1 Å². The number of benzene rings is 2. The van der Waals surface area contributed by atoms with Crippen LogP contribution in [0.2, 0.25) is 10.0 Å². The molecular weight excluding hydrogens is 553 g/mol. The van der Waals surface area contributed by atoms with Crippen LogP contribution >= 0.6 is 23.2 Å². The Balaban J connectivity index is 0.00000336. The summed E-state index contributed by atoms with van der Waals surface area (Å²) in [4.78, 5) is 18.8. The van der Waals surface area contributed by atoms with Gasteiger partial charge in [-0.2, -0.15) is 15.0 Å². The minimum atomic E-state index is -0.343. The molecule has 14 heteroatoms. The van der Waals surface area contributed by atoms with Gasteiger partial charge in [0.1, 0.15) is 5.75 Å². The number of fused-ring (bicyclic) bond motifs is 2. The van der Waals surface area contributed by atoms with Crippen LogP contribution in [0.1, 0.15) is 11.3 Å². The molecule has 0 bridgehead atoms. The Hall–Kier alpha value is -3.95. The lowest BCUT2D eigenvalue weighted by molar-refractivity contribution is -0.0000114. The maximum atomic E-state index is 12.9. The molecule has 11 nitrogen and oxygen atoms in total. The van der Waals surface area contributed by atoms with Crippen LogP contribution in [0.15, 0.2) is 48.7 Å². The van der Waals surface area contributed by atoms with Crippen molar-refractivity contribution in [3.05, 3.63) is 70.0 Å². The molecule has 0 saturated carbocycles. The normalized spacial score (nSPS) is 10.8. The number of likely N-dealkylation sites (N-methyl/N-ethyl adjacent to an activating group) is 1. The molecule has 2 N–H and O–H groups in total. The van der Waals surface area contributed by atoms with Crippen LogP contribution in [-0.4, -0.2) is 60.8 Å². The van der Waals surface area contributed by atoms with E-state index in [0.717, 1.165) is 0 Å². The number of halogens is 3. The van der Waals surface area contributed by atoms with Crippen molar-refractivity contribution >= 4 is 51.3 Å². The van der Waals surface area contributed by atoms with Crippen molar-refractivity contribution in [3.63, 3.8) is 0 Å². The molecule has 0 atom stereocenters. The van der Waals surface area contributed by atoms with Crippen molar-refractivity contribution in [1.82, 2.24) is 34.7 Å². The van der Waals surface area contributed by atoms with E-state index in [1.807, 2.05) is 12.1 Å². The maximum Gasteiger partial charge on any atom is 0.346 e. The second-order valence-electron chi connectivity index (χ2n) is 8.11. The smallest absolute Gasteiger partial charge is 0.346 e. The van der Waals surface area contributed by atoms with E-state index < -0.39 is 0 Å². The van der Waals surface area contributed by atoms with Crippen molar-refractivity contribution in [1.29, 1.82) is 5.26 Å². The standard InChI is InChI=1S/C24H19Cl2N9O2.ClH/c1-33(8-6-27)24(36)35-23-17(3-2-7-29-23)19(31-35)13-34-20-5-4-18(26)22(21(20)30-32-34)37-16-10-14(12-28)9-15(25)11-16;/h2-5,7,9-11H,6,8,13,27H2,1H3;1H/p-1. The molecule has 0 aliphatic carbocycles. The van der Waals surface area contributed by atoms with Crippen LogP contribution in [0.3, 0.4) is 0 Å². The van der Waals surface area contributed by atoms with Crippen molar-refractivity contribution in [2.45, 2.75) is 6.54 Å². The average Bonchev–Trinajstić information content (AvgIpc) is 3.47. The monoisotopic (exact) mass is 570 g/mol. The van der Waals surface area contributed by atoms with Crippen molar-refractivity contribution in [2.24, 2.45) is 5.73 Å². The van der Waals surface area contributed by atoms with Gasteiger partial charge in [0.25, 0.3) is 0 Å². The number of carbonyl (C=O) groups is 1.